The highest BCUT2D eigenvalue weighted by molar-refractivity contribution is 6.51. The van der Waals surface area contributed by atoms with Crippen molar-refractivity contribution in [2.45, 2.75) is 19.4 Å². The predicted molar refractivity (Wildman–Crippen MR) is 124 cm³/mol. The second kappa shape index (κ2) is 9.56. The van der Waals surface area contributed by atoms with E-state index in [1.54, 1.807) is 72.9 Å². The molecular weight excluding hydrogens is 420 g/mol. The number of nitrogens with zero attached hydrogens (tertiary/aromatic N) is 2. The van der Waals surface area contributed by atoms with Gasteiger partial charge in [-0.1, -0.05) is 19.1 Å². The van der Waals surface area contributed by atoms with Crippen LogP contribution in [0.5, 0.6) is 11.5 Å². The molecule has 1 aliphatic heterocycles. The molecule has 1 aliphatic rings. The maximum Gasteiger partial charge on any atom is 0.300 e. The van der Waals surface area contributed by atoms with Gasteiger partial charge in [0.2, 0.25) is 0 Å². The number of aliphatic hydroxyl groups excluding tert-OH is 1. The van der Waals surface area contributed by atoms with Crippen LogP contribution in [0.1, 0.15) is 30.6 Å². The first-order chi connectivity index (χ1) is 16.0. The fourth-order valence-electron chi connectivity index (χ4n) is 3.76. The van der Waals surface area contributed by atoms with Crippen LogP contribution in [0, 0.1) is 0 Å². The molecule has 1 aromatic heterocycles. The molecule has 1 fully saturated rings. The quantitative estimate of drug-likeness (QED) is 0.328. The number of hydrogen-bond acceptors (Lipinski definition) is 6. The zero-order valence-corrected chi connectivity index (χ0v) is 18.4. The first kappa shape index (κ1) is 22.1. The number of benzene rings is 2. The third-order valence-corrected chi connectivity index (χ3v) is 5.34. The van der Waals surface area contributed by atoms with Crippen LogP contribution < -0.4 is 14.4 Å². The first-order valence-electron chi connectivity index (χ1n) is 10.6. The minimum absolute atomic E-state index is 0.0243. The van der Waals surface area contributed by atoms with E-state index in [0.717, 1.165) is 6.42 Å². The van der Waals surface area contributed by atoms with Crippen LogP contribution in [0.25, 0.3) is 5.76 Å². The summed E-state index contributed by atoms with van der Waals surface area (Å²) in [5.41, 5.74) is 1.31. The monoisotopic (exact) mass is 444 g/mol. The Morgan fingerprint density at radius 1 is 1.03 bits per heavy atom. The Bertz CT molecular complexity index is 1190. The molecule has 7 nitrogen and oxygen atoms in total. The van der Waals surface area contributed by atoms with Gasteiger partial charge in [0.05, 0.1) is 25.0 Å². The van der Waals surface area contributed by atoms with Crippen LogP contribution in [-0.4, -0.2) is 35.5 Å². The minimum atomic E-state index is -0.894. The van der Waals surface area contributed by atoms with E-state index in [9.17, 15) is 14.7 Å². The van der Waals surface area contributed by atoms with Gasteiger partial charge in [-0.3, -0.25) is 19.5 Å². The second-order valence-corrected chi connectivity index (χ2v) is 7.50. The fraction of sp³-hybridized carbons (Fsp3) is 0.192. The minimum Gasteiger partial charge on any atom is -0.507 e. The lowest BCUT2D eigenvalue weighted by molar-refractivity contribution is -0.132. The van der Waals surface area contributed by atoms with Gasteiger partial charge in [-0.05, 0) is 55.0 Å². The Hall–Kier alpha value is -4.13. The number of aliphatic hydroxyl groups is 1. The molecule has 1 amide bonds. The number of hydrogen-bond donors (Lipinski definition) is 1. The van der Waals surface area contributed by atoms with E-state index in [2.05, 4.69) is 4.98 Å². The third kappa shape index (κ3) is 4.30. The van der Waals surface area contributed by atoms with Gasteiger partial charge in [-0.2, -0.15) is 0 Å². The summed E-state index contributed by atoms with van der Waals surface area (Å²) < 4.78 is 10.9. The van der Waals surface area contributed by atoms with Crippen LogP contribution in [-0.2, 0) is 9.59 Å². The van der Waals surface area contributed by atoms with Crippen molar-refractivity contribution < 1.29 is 24.2 Å². The number of rotatable bonds is 7. The summed E-state index contributed by atoms with van der Waals surface area (Å²) in [4.78, 5) is 32.0. The number of ether oxygens (including phenoxy) is 2. The number of anilines is 1. The summed E-state index contributed by atoms with van der Waals surface area (Å²) in [5, 5.41) is 11.2. The number of pyridine rings is 1. The number of amides is 1. The molecule has 2 heterocycles. The molecule has 0 spiro atoms. The summed E-state index contributed by atoms with van der Waals surface area (Å²) in [7, 11) is 1.53. The average Bonchev–Trinajstić information content (AvgIpc) is 3.13. The molecule has 4 rings (SSSR count). The van der Waals surface area contributed by atoms with E-state index >= 15 is 0 Å². The molecular formula is C26H24N2O5. The maximum absolute atomic E-state index is 13.2. The molecule has 0 bridgehead atoms. The van der Waals surface area contributed by atoms with Crippen LogP contribution in [0.15, 0.2) is 78.5 Å². The van der Waals surface area contributed by atoms with E-state index < -0.39 is 17.7 Å². The summed E-state index contributed by atoms with van der Waals surface area (Å²) in [6, 6.07) is 18.0. The van der Waals surface area contributed by atoms with Crippen LogP contribution in [0.4, 0.5) is 5.69 Å². The van der Waals surface area contributed by atoms with Gasteiger partial charge < -0.3 is 14.6 Å². The van der Waals surface area contributed by atoms with Crippen molar-refractivity contribution in [3.8, 4) is 11.5 Å². The van der Waals surface area contributed by atoms with Gasteiger partial charge >= 0.3 is 0 Å². The Balaban J connectivity index is 1.83. The molecule has 0 aliphatic carbocycles. The Morgan fingerprint density at radius 3 is 2.48 bits per heavy atom. The normalized spacial score (nSPS) is 17.3. The molecule has 2 aromatic carbocycles. The molecule has 1 N–H and O–H groups in total. The lowest BCUT2D eigenvalue weighted by Crippen LogP contribution is -2.29. The van der Waals surface area contributed by atoms with Crippen molar-refractivity contribution >= 4 is 23.1 Å². The molecule has 1 atom stereocenters. The predicted octanol–water partition coefficient (Wildman–Crippen LogP) is 4.51. The molecule has 33 heavy (non-hydrogen) atoms. The summed E-state index contributed by atoms with van der Waals surface area (Å²) in [5.74, 6) is -0.597. The van der Waals surface area contributed by atoms with Crippen molar-refractivity contribution in [1.82, 2.24) is 4.98 Å². The van der Waals surface area contributed by atoms with Gasteiger partial charge in [-0.15, -0.1) is 0 Å². The van der Waals surface area contributed by atoms with Gasteiger partial charge in [0, 0.05) is 23.5 Å². The number of Topliss-reactive ketones (excluding diaryl/α,β-unsaturated/α-hetero) is 1. The van der Waals surface area contributed by atoms with Gasteiger partial charge in [0.15, 0.2) is 0 Å². The first-order valence-corrected chi connectivity index (χ1v) is 10.6. The van der Waals surface area contributed by atoms with Crippen LogP contribution >= 0.6 is 0 Å². The maximum atomic E-state index is 13.2. The van der Waals surface area contributed by atoms with Gasteiger partial charge in [0.25, 0.3) is 11.7 Å². The Labute approximate surface area is 191 Å². The van der Waals surface area contributed by atoms with Crippen LogP contribution in [0.2, 0.25) is 0 Å². The average molecular weight is 444 g/mol. The molecule has 7 heteroatoms. The lowest BCUT2D eigenvalue weighted by atomic mass is 9.98. The molecule has 0 radical (unpaired) electrons. The third-order valence-electron chi connectivity index (χ3n) is 5.34. The fourth-order valence-corrected chi connectivity index (χ4v) is 3.76. The largest absolute Gasteiger partial charge is 0.507 e. The molecule has 1 saturated heterocycles. The highest BCUT2D eigenvalue weighted by Gasteiger charge is 2.47. The summed E-state index contributed by atoms with van der Waals surface area (Å²) >= 11 is 0. The number of aromatic nitrogens is 1. The van der Waals surface area contributed by atoms with E-state index in [1.807, 2.05) is 6.92 Å². The van der Waals surface area contributed by atoms with Crippen molar-refractivity contribution in [2.75, 3.05) is 18.6 Å². The zero-order chi connectivity index (χ0) is 23.4. The topological polar surface area (TPSA) is 89.0 Å². The highest BCUT2D eigenvalue weighted by atomic mass is 16.5. The molecule has 3 aromatic rings. The highest BCUT2D eigenvalue weighted by Crippen LogP contribution is 2.42. The van der Waals surface area contributed by atoms with Crippen molar-refractivity contribution in [2.24, 2.45) is 0 Å². The number of carbonyl (C=O) groups is 2. The molecule has 1 unspecified atom stereocenters. The zero-order valence-electron chi connectivity index (χ0n) is 18.4. The van der Waals surface area contributed by atoms with E-state index in [1.165, 1.54) is 12.0 Å². The van der Waals surface area contributed by atoms with Crippen molar-refractivity contribution in [3.63, 3.8) is 0 Å². The van der Waals surface area contributed by atoms with Gasteiger partial charge in [-0.25, -0.2) is 0 Å². The van der Waals surface area contributed by atoms with Crippen molar-refractivity contribution in [3.05, 3.63) is 89.8 Å². The Morgan fingerprint density at radius 2 is 1.82 bits per heavy atom. The molecule has 0 saturated carbocycles. The standard InChI is InChI=1S/C26H24N2O5/c1-3-15-33-19-12-10-17(11-13-19)24(29)22-23(21-9-4-5-14-27-21)28(26(31)25(22)30)18-7-6-8-20(16-18)32-2/h4-14,16,23,29H,3,15H2,1-2H3/b24-22+. The summed E-state index contributed by atoms with van der Waals surface area (Å²) in [6.45, 7) is 2.59. The SMILES string of the molecule is CCCOc1ccc(/C(O)=C2\C(=O)C(=O)N(c3cccc(OC)c3)C2c2ccccn2)cc1. The molecule has 168 valence electrons. The summed E-state index contributed by atoms with van der Waals surface area (Å²) in [6.07, 6.45) is 2.46. The van der Waals surface area contributed by atoms with Gasteiger partial charge in [0.1, 0.15) is 23.3 Å². The Kier molecular flexibility index (Phi) is 6.40. The smallest absolute Gasteiger partial charge is 0.300 e. The van der Waals surface area contributed by atoms with E-state index in [-0.39, 0.29) is 11.3 Å². The number of ketones is 1. The van der Waals surface area contributed by atoms with Crippen LogP contribution in [0.3, 0.4) is 0 Å². The van der Waals surface area contributed by atoms with E-state index in [0.29, 0.717) is 35.1 Å². The second-order valence-electron chi connectivity index (χ2n) is 7.50. The number of carbonyl (C=O) groups excluding carboxylic acids is 2. The van der Waals surface area contributed by atoms with Crippen molar-refractivity contribution in [1.29, 1.82) is 0 Å². The number of methoxy groups -OCH3 is 1. The van der Waals surface area contributed by atoms with E-state index in [4.69, 9.17) is 9.47 Å². The lowest BCUT2D eigenvalue weighted by Gasteiger charge is -2.24.